The summed E-state index contributed by atoms with van der Waals surface area (Å²) in [7, 11) is 1.46. The van der Waals surface area contributed by atoms with E-state index in [2.05, 4.69) is 15.4 Å². The average molecular weight is 471 g/mol. The molecule has 0 atom stereocenters. The second kappa shape index (κ2) is 10.1. The summed E-state index contributed by atoms with van der Waals surface area (Å²) < 4.78 is 7.32. The maximum atomic E-state index is 12.4. The predicted molar refractivity (Wildman–Crippen MR) is 125 cm³/mol. The molecular weight excluding hydrogens is 448 g/mol. The Balaban J connectivity index is 1.42. The summed E-state index contributed by atoms with van der Waals surface area (Å²) in [6.07, 6.45) is 4.19. The zero-order valence-electron chi connectivity index (χ0n) is 17.6. The Labute approximate surface area is 195 Å². The van der Waals surface area contributed by atoms with Gasteiger partial charge < -0.3 is 4.74 Å². The number of aromatic nitrogens is 2. The summed E-state index contributed by atoms with van der Waals surface area (Å²) in [5.74, 6) is -0.379. The number of fused-ring (bicyclic) bond motifs is 1. The highest BCUT2D eigenvalue weighted by atomic mass is 35.5. The maximum Gasteiger partial charge on any atom is 0.273 e. The number of hydrogen-bond acceptors (Lipinski definition) is 5. The third kappa shape index (κ3) is 4.92. The van der Waals surface area contributed by atoms with Gasteiger partial charge in [-0.05, 0) is 56.0 Å². The number of carbonyl (C=O) groups is 2. The van der Waals surface area contributed by atoms with Crippen LogP contribution >= 0.6 is 23.4 Å². The number of ether oxygens (including phenoxy) is 1. The molecule has 1 heterocycles. The lowest BCUT2D eigenvalue weighted by Gasteiger charge is -2.15. The molecule has 3 aromatic rings. The molecule has 7 nitrogen and oxygen atoms in total. The first-order valence-electron chi connectivity index (χ1n) is 10.3. The standard InChI is InChI=1S/C23H23ClN4O3S/c1-31-20-12-11-15(24)13-17(20)22(30)27-26-21(29)14-32-23-25-18-9-5-6-10-19(18)28(23)16-7-3-2-4-8-16/h2-4,7-8,11-13H,5-6,9-10,14H2,1H3,(H,26,29)(H,27,30). The van der Waals surface area contributed by atoms with Crippen LogP contribution in [0.2, 0.25) is 5.02 Å². The number of halogens is 1. The number of aryl methyl sites for hydroxylation is 1. The number of amides is 2. The third-order valence-corrected chi connectivity index (χ3v) is 6.34. The number of rotatable bonds is 6. The molecule has 0 radical (unpaired) electrons. The number of imidazole rings is 1. The van der Waals surface area contributed by atoms with Crippen molar-refractivity contribution in [1.29, 1.82) is 0 Å². The summed E-state index contributed by atoms with van der Waals surface area (Å²) in [4.78, 5) is 29.7. The van der Waals surface area contributed by atoms with Crippen molar-refractivity contribution in [3.8, 4) is 11.4 Å². The summed E-state index contributed by atoms with van der Waals surface area (Å²) in [6.45, 7) is 0. The van der Waals surface area contributed by atoms with Gasteiger partial charge in [0, 0.05) is 16.4 Å². The van der Waals surface area contributed by atoms with Crippen molar-refractivity contribution in [2.75, 3.05) is 12.9 Å². The van der Waals surface area contributed by atoms with Gasteiger partial charge >= 0.3 is 0 Å². The first-order valence-corrected chi connectivity index (χ1v) is 11.6. The van der Waals surface area contributed by atoms with E-state index in [-0.39, 0.29) is 17.2 Å². The van der Waals surface area contributed by atoms with Crippen molar-refractivity contribution in [1.82, 2.24) is 20.4 Å². The van der Waals surface area contributed by atoms with Gasteiger partial charge in [0.1, 0.15) is 5.75 Å². The number of nitrogens with one attached hydrogen (secondary N) is 2. The molecule has 2 aromatic carbocycles. The molecule has 0 bridgehead atoms. The summed E-state index contributed by atoms with van der Waals surface area (Å²) >= 11 is 7.31. The smallest absolute Gasteiger partial charge is 0.273 e. The monoisotopic (exact) mass is 470 g/mol. The minimum Gasteiger partial charge on any atom is -0.496 e. The molecule has 1 aliphatic carbocycles. The summed E-state index contributed by atoms with van der Waals surface area (Å²) in [6, 6.07) is 14.7. The van der Waals surface area contributed by atoms with E-state index in [0.717, 1.165) is 42.2 Å². The van der Waals surface area contributed by atoms with Crippen molar-refractivity contribution in [2.24, 2.45) is 0 Å². The van der Waals surface area contributed by atoms with Gasteiger partial charge in [-0.1, -0.05) is 41.6 Å². The fourth-order valence-electron chi connectivity index (χ4n) is 3.67. The number of thioether (sulfide) groups is 1. The van der Waals surface area contributed by atoms with Crippen LogP contribution in [0.3, 0.4) is 0 Å². The minimum atomic E-state index is -0.510. The molecular formula is C23H23ClN4O3S. The van der Waals surface area contributed by atoms with E-state index in [1.165, 1.54) is 30.6 Å². The molecule has 166 valence electrons. The number of nitrogens with zero attached hydrogens (tertiary/aromatic N) is 2. The highest BCUT2D eigenvalue weighted by molar-refractivity contribution is 7.99. The van der Waals surface area contributed by atoms with Crippen molar-refractivity contribution < 1.29 is 14.3 Å². The van der Waals surface area contributed by atoms with Crippen LogP contribution in [0.4, 0.5) is 0 Å². The third-order valence-electron chi connectivity index (χ3n) is 5.17. The minimum absolute atomic E-state index is 0.107. The molecule has 2 amide bonds. The maximum absolute atomic E-state index is 12.4. The van der Waals surface area contributed by atoms with Crippen LogP contribution in [0.1, 0.15) is 34.6 Å². The average Bonchev–Trinajstić information content (AvgIpc) is 3.20. The number of benzene rings is 2. The molecule has 32 heavy (non-hydrogen) atoms. The Morgan fingerprint density at radius 2 is 1.91 bits per heavy atom. The van der Waals surface area contributed by atoms with E-state index in [9.17, 15) is 9.59 Å². The van der Waals surface area contributed by atoms with Crippen LogP contribution in [0, 0.1) is 0 Å². The van der Waals surface area contributed by atoms with Crippen LogP contribution in [0.25, 0.3) is 5.69 Å². The Morgan fingerprint density at radius 3 is 2.69 bits per heavy atom. The molecule has 0 saturated heterocycles. The fourth-order valence-corrected chi connectivity index (χ4v) is 4.70. The Morgan fingerprint density at radius 1 is 1.12 bits per heavy atom. The second-order valence-corrected chi connectivity index (χ2v) is 8.68. The van der Waals surface area contributed by atoms with Gasteiger partial charge in [-0.25, -0.2) is 4.98 Å². The van der Waals surface area contributed by atoms with Crippen LogP contribution in [0.15, 0.2) is 53.7 Å². The number of methoxy groups -OCH3 is 1. The lowest BCUT2D eigenvalue weighted by Crippen LogP contribution is -2.42. The van der Waals surface area contributed by atoms with E-state index in [0.29, 0.717) is 10.8 Å². The molecule has 0 unspecified atom stereocenters. The number of para-hydroxylation sites is 1. The highest BCUT2D eigenvalue weighted by Crippen LogP contribution is 2.30. The van der Waals surface area contributed by atoms with Crippen molar-refractivity contribution >= 4 is 35.2 Å². The highest BCUT2D eigenvalue weighted by Gasteiger charge is 2.22. The number of hydrazine groups is 1. The van der Waals surface area contributed by atoms with E-state index < -0.39 is 5.91 Å². The molecule has 1 aromatic heterocycles. The van der Waals surface area contributed by atoms with Gasteiger partial charge in [-0.2, -0.15) is 0 Å². The molecule has 0 saturated carbocycles. The van der Waals surface area contributed by atoms with Gasteiger partial charge in [0.2, 0.25) is 5.91 Å². The summed E-state index contributed by atoms with van der Waals surface area (Å²) in [5.41, 5.74) is 8.45. The second-order valence-electron chi connectivity index (χ2n) is 7.30. The van der Waals surface area contributed by atoms with Gasteiger partial charge in [0.25, 0.3) is 5.91 Å². The first kappa shape index (κ1) is 22.2. The lowest BCUT2D eigenvalue weighted by atomic mass is 10.0. The summed E-state index contributed by atoms with van der Waals surface area (Å²) in [5, 5.41) is 1.18. The van der Waals surface area contributed by atoms with Crippen LogP contribution in [-0.2, 0) is 17.6 Å². The lowest BCUT2D eigenvalue weighted by molar-refractivity contribution is -0.119. The zero-order valence-corrected chi connectivity index (χ0v) is 19.1. The number of carbonyl (C=O) groups excluding carboxylic acids is 2. The molecule has 2 N–H and O–H groups in total. The molecule has 9 heteroatoms. The Hall–Kier alpha value is -2.97. The topological polar surface area (TPSA) is 85.2 Å². The van der Waals surface area contributed by atoms with Gasteiger partial charge in [-0.3, -0.25) is 25.0 Å². The molecule has 0 fully saturated rings. The van der Waals surface area contributed by atoms with Crippen molar-refractivity contribution in [2.45, 2.75) is 30.8 Å². The van der Waals surface area contributed by atoms with E-state index in [1.54, 1.807) is 12.1 Å². The fraction of sp³-hybridized carbons (Fsp3) is 0.261. The van der Waals surface area contributed by atoms with E-state index in [1.807, 2.05) is 30.3 Å². The quantitative estimate of drug-likeness (QED) is 0.420. The van der Waals surface area contributed by atoms with E-state index >= 15 is 0 Å². The Kier molecular flexibility index (Phi) is 7.02. The van der Waals surface area contributed by atoms with Crippen molar-refractivity contribution in [3.05, 3.63) is 70.5 Å². The van der Waals surface area contributed by atoms with Crippen LogP contribution in [0.5, 0.6) is 5.75 Å². The van der Waals surface area contributed by atoms with Gasteiger partial charge in [-0.15, -0.1) is 0 Å². The molecule has 0 spiro atoms. The van der Waals surface area contributed by atoms with Gasteiger partial charge in [0.15, 0.2) is 5.16 Å². The SMILES string of the molecule is COc1ccc(Cl)cc1C(=O)NNC(=O)CSc1nc2c(n1-c1ccccc1)CCCC2. The normalized spacial score (nSPS) is 12.7. The van der Waals surface area contributed by atoms with Crippen LogP contribution < -0.4 is 15.6 Å². The number of hydrogen-bond donors (Lipinski definition) is 2. The molecule has 4 rings (SSSR count). The van der Waals surface area contributed by atoms with E-state index in [4.69, 9.17) is 21.3 Å². The Bertz CT molecular complexity index is 1130. The van der Waals surface area contributed by atoms with Crippen molar-refractivity contribution in [3.63, 3.8) is 0 Å². The van der Waals surface area contributed by atoms with Gasteiger partial charge in [0.05, 0.1) is 24.1 Å². The zero-order chi connectivity index (χ0) is 22.5. The molecule has 0 aliphatic heterocycles. The first-order chi connectivity index (χ1) is 15.6. The molecule has 1 aliphatic rings. The van der Waals surface area contributed by atoms with Crippen LogP contribution in [-0.4, -0.2) is 34.2 Å². The predicted octanol–water partition coefficient (Wildman–Crippen LogP) is 3.97. The largest absolute Gasteiger partial charge is 0.496 e.